The third-order valence-corrected chi connectivity index (χ3v) is 2.29. The summed E-state index contributed by atoms with van der Waals surface area (Å²) in [4.78, 5) is 0. The van der Waals surface area contributed by atoms with Crippen molar-refractivity contribution in [3.63, 3.8) is 0 Å². The smallest absolute Gasteiger partial charge is 0.146 e. The van der Waals surface area contributed by atoms with Gasteiger partial charge >= 0.3 is 0 Å². The topological polar surface area (TPSA) is 21.3 Å². The molecule has 0 saturated carbocycles. The Balaban J connectivity index is 2.44. The third kappa shape index (κ3) is 1.25. The van der Waals surface area contributed by atoms with Gasteiger partial charge in [0.15, 0.2) is 0 Å². The van der Waals surface area contributed by atoms with Gasteiger partial charge in [-0.15, -0.1) is 0 Å². The van der Waals surface area contributed by atoms with Gasteiger partial charge in [-0.1, -0.05) is 24.9 Å². The number of anilines is 1. The maximum absolute atomic E-state index is 5.53. The summed E-state index contributed by atoms with van der Waals surface area (Å²) in [6, 6.07) is 6.09. The predicted octanol–water partition coefficient (Wildman–Crippen LogP) is 2.27. The van der Waals surface area contributed by atoms with Gasteiger partial charge in [-0.3, -0.25) is 0 Å². The Morgan fingerprint density at radius 2 is 2.33 bits per heavy atom. The van der Waals surface area contributed by atoms with E-state index < -0.39 is 0 Å². The highest BCUT2D eigenvalue weighted by Gasteiger charge is 2.12. The molecule has 0 amide bonds. The van der Waals surface area contributed by atoms with Crippen molar-refractivity contribution in [2.75, 3.05) is 11.3 Å². The molecule has 0 bridgehead atoms. The Hall–Kier alpha value is -0.830. The second-order valence-electron chi connectivity index (χ2n) is 2.86. The fourth-order valence-electron chi connectivity index (χ4n) is 1.48. The highest BCUT2D eigenvalue weighted by molar-refractivity contribution is 7.81. The van der Waals surface area contributed by atoms with E-state index in [-0.39, 0.29) is 0 Å². The van der Waals surface area contributed by atoms with Crippen LogP contribution >= 0.6 is 12.8 Å². The molecule has 0 unspecified atom stereocenters. The van der Waals surface area contributed by atoms with Gasteiger partial charge < -0.3 is 9.46 Å². The van der Waals surface area contributed by atoms with E-state index in [2.05, 4.69) is 23.6 Å². The quantitative estimate of drug-likeness (QED) is 0.648. The lowest BCUT2D eigenvalue weighted by molar-refractivity contribution is 0.290. The molecule has 1 aliphatic heterocycles. The largest absolute Gasteiger partial charge is 0.491 e. The van der Waals surface area contributed by atoms with Crippen LogP contribution in [0, 0.1) is 0 Å². The summed E-state index contributed by atoms with van der Waals surface area (Å²) in [6.07, 6.45) is 2.22. The average Bonchev–Trinajstić information content (AvgIpc) is 2.17. The number of rotatable bonds is 1. The van der Waals surface area contributed by atoms with Crippen LogP contribution in [0.2, 0.25) is 0 Å². The van der Waals surface area contributed by atoms with Crippen molar-refractivity contribution in [3.8, 4) is 5.75 Å². The van der Waals surface area contributed by atoms with Crippen molar-refractivity contribution < 1.29 is 4.74 Å². The van der Waals surface area contributed by atoms with Crippen molar-refractivity contribution in [1.29, 1.82) is 0 Å². The number of thiol groups is 1. The Bertz CT molecular complexity index is 274. The Kier molecular flexibility index (Phi) is 2.13. The monoisotopic (exact) mass is 181 g/mol. The summed E-state index contributed by atoms with van der Waals surface area (Å²) in [7, 11) is 0. The van der Waals surface area contributed by atoms with Crippen molar-refractivity contribution in [2.45, 2.75) is 12.8 Å². The molecule has 0 atom stereocenters. The van der Waals surface area contributed by atoms with Crippen LogP contribution in [-0.2, 0) is 6.42 Å². The molecule has 1 aliphatic rings. The van der Waals surface area contributed by atoms with Crippen LogP contribution in [0.3, 0.4) is 0 Å². The lowest BCUT2D eigenvalue weighted by Gasteiger charge is -2.19. The molecular weight excluding hydrogens is 170 g/mol. The second kappa shape index (κ2) is 3.27. The fraction of sp³-hybridized carbons (Fsp3) is 0.333. The number of fused-ring (bicyclic) bond motifs is 1. The van der Waals surface area contributed by atoms with Crippen LogP contribution in [0.25, 0.3) is 0 Å². The minimum absolute atomic E-state index is 0.819. The Morgan fingerprint density at radius 1 is 1.42 bits per heavy atom. The van der Waals surface area contributed by atoms with E-state index in [1.54, 1.807) is 0 Å². The molecule has 2 rings (SSSR count). The van der Waals surface area contributed by atoms with Gasteiger partial charge in [0.25, 0.3) is 0 Å². The zero-order chi connectivity index (χ0) is 8.39. The number of ether oxygens (including phenoxy) is 1. The number of para-hydroxylation sites is 1. The lowest BCUT2D eigenvalue weighted by atomic mass is 10.1. The van der Waals surface area contributed by atoms with Gasteiger partial charge in [0, 0.05) is 0 Å². The first-order valence-corrected chi connectivity index (χ1v) is 4.51. The maximum atomic E-state index is 5.53. The molecule has 0 saturated heterocycles. The van der Waals surface area contributed by atoms with Crippen LogP contribution in [0.4, 0.5) is 5.69 Å². The lowest BCUT2D eigenvalue weighted by Crippen LogP contribution is -2.09. The van der Waals surface area contributed by atoms with Crippen molar-refractivity contribution >= 4 is 18.5 Å². The number of hydrogen-bond donors (Lipinski definition) is 2. The standard InChI is InChI=1S/C9H11NOS/c12-10-8-5-1-3-7-4-2-6-11-9(7)8/h1,3,5,10,12H,2,4,6H2. The van der Waals surface area contributed by atoms with Gasteiger partial charge in [0.1, 0.15) is 5.75 Å². The Labute approximate surface area is 77.5 Å². The molecule has 1 heterocycles. The van der Waals surface area contributed by atoms with E-state index >= 15 is 0 Å². The van der Waals surface area contributed by atoms with Gasteiger partial charge in [-0.25, -0.2) is 0 Å². The first-order chi connectivity index (χ1) is 5.92. The number of nitrogens with one attached hydrogen (secondary N) is 1. The maximum Gasteiger partial charge on any atom is 0.146 e. The minimum Gasteiger partial charge on any atom is -0.491 e. The van der Waals surface area contributed by atoms with Crippen molar-refractivity contribution in [3.05, 3.63) is 23.8 Å². The van der Waals surface area contributed by atoms with Crippen molar-refractivity contribution in [2.24, 2.45) is 0 Å². The van der Waals surface area contributed by atoms with E-state index in [0.29, 0.717) is 0 Å². The molecule has 12 heavy (non-hydrogen) atoms. The summed E-state index contributed by atoms with van der Waals surface area (Å²) >= 11 is 4.01. The van der Waals surface area contributed by atoms with Crippen LogP contribution < -0.4 is 9.46 Å². The van der Waals surface area contributed by atoms with Crippen LogP contribution in [0.1, 0.15) is 12.0 Å². The molecule has 64 valence electrons. The van der Waals surface area contributed by atoms with E-state index in [9.17, 15) is 0 Å². The molecule has 1 aromatic carbocycles. The average molecular weight is 181 g/mol. The molecule has 0 radical (unpaired) electrons. The fourth-order valence-corrected chi connectivity index (χ4v) is 1.65. The van der Waals surface area contributed by atoms with Gasteiger partial charge in [-0.05, 0) is 24.5 Å². The third-order valence-electron chi connectivity index (χ3n) is 2.05. The predicted molar refractivity (Wildman–Crippen MR) is 52.9 cm³/mol. The molecule has 0 aliphatic carbocycles. The van der Waals surface area contributed by atoms with Crippen LogP contribution in [-0.4, -0.2) is 6.61 Å². The first-order valence-electron chi connectivity index (χ1n) is 4.06. The number of aryl methyl sites for hydroxylation is 1. The van der Waals surface area contributed by atoms with E-state index in [1.165, 1.54) is 5.56 Å². The molecule has 0 spiro atoms. The molecule has 1 N–H and O–H groups in total. The SMILES string of the molecule is SNc1cccc2c1OCCC2. The number of hydrogen-bond acceptors (Lipinski definition) is 3. The molecular formula is C9H11NOS. The summed E-state index contributed by atoms with van der Waals surface area (Å²) in [6.45, 7) is 0.819. The van der Waals surface area contributed by atoms with Gasteiger partial charge in [0.05, 0.1) is 12.3 Å². The Morgan fingerprint density at radius 3 is 3.17 bits per heavy atom. The highest BCUT2D eigenvalue weighted by Crippen LogP contribution is 2.32. The zero-order valence-corrected chi connectivity index (χ0v) is 7.60. The highest BCUT2D eigenvalue weighted by atomic mass is 32.1. The first kappa shape index (κ1) is 7.80. The molecule has 2 nitrogen and oxygen atoms in total. The van der Waals surface area contributed by atoms with E-state index in [1.807, 2.05) is 12.1 Å². The van der Waals surface area contributed by atoms with E-state index in [0.717, 1.165) is 30.9 Å². The van der Waals surface area contributed by atoms with E-state index in [4.69, 9.17) is 4.74 Å². The van der Waals surface area contributed by atoms with Gasteiger partial charge in [-0.2, -0.15) is 0 Å². The normalized spacial score (nSPS) is 14.8. The molecule has 3 heteroatoms. The summed E-state index contributed by atoms with van der Waals surface area (Å²) in [5, 5.41) is 0. The zero-order valence-electron chi connectivity index (χ0n) is 6.71. The summed E-state index contributed by atoms with van der Waals surface area (Å²) in [5.74, 6) is 0.971. The summed E-state index contributed by atoms with van der Waals surface area (Å²) < 4.78 is 8.36. The van der Waals surface area contributed by atoms with Gasteiger partial charge in [0.2, 0.25) is 0 Å². The van der Waals surface area contributed by atoms with Crippen LogP contribution in [0.5, 0.6) is 5.75 Å². The minimum atomic E-state index is 0.819. The molecule has 0 fully saturated rings. The molecule has 0 aromatic heterocycles. The van der Waals surface area contributed by atoms with Crippen LogP contribution in [0.15, 0.2) is 18.2 Å². The van der Waals surface area contributed by atoms with Crippen molar-refractivity contribution in [1.82, 2.24) is 0 Å². The number of benzene rings is 1. The summed E-state index contributed by atoms with van der Waals surface area (Å²) in [5.41, 5.74) is 2.25. The second-order valence-corrected chi connectivity index (χ2v) is 3.08. The molecule has 1 aromatic rings.